The Bertz CT molecular complexity index is 2870. The van der Waals surface area contributed by atoms with Crippen LogP contribution in [-0.4, -0.2) is 15.0 Å². The number of nitrogens with zero attached hydrogens (tertiary/aromatic N) is 4. The van der Waals surface area contributed by atoms with Crippen molar-refractivity contribution in [3.8, 4) is 22.5 Å². The maximum Gasteiger partial charge on any atom is 0.0972 e. The molecule has 0 bridgehead atoms. The molecular formula is C47H30N4. The molecule has 0 aliphatic carbocycles. The Labute approximate surface area is 294 Å². The van der Waals surface area contributed by atoms with Gasteiger partial charge in [-0.2, -0.15) is 0 Å². The molecule has 4 nitrogen and oxygen atoms in total. The summed E-state index contributed by atoms with van der Waals surface area (Å²) in [6, 6.07) is 61.9. The predicted molar refractivity (Wildman–Crippen MR) is 213 cm³/mol. The molecule has 0 N–H and O–H groups in total. The van der Waals surface area contributed by atoms with E-state index in [-0.39, 0.29) is 0 Å². The molecule has 0 saturated carbocycles. The molecule has 0 radical (unpaired) electrons. The SMILES string of the molecule is c1ccc(-c2nc3c(-c4ccc5ccc6cccnc6c5n4)cccc3c3c2c(N(c2ccccc2)c2ccccc2)cc2ccccc23)cc1. The second kappa shape index (κ2) is 11.9. The fourth-order valence-corrected chi connectivity index (χ4v) is 7.53. The maximum atomic E-state index is 5.65. The van der Waals surface area contributed by atoms with Gasteiger partial charge in [-0.05, 0) is 53.2 Å². The number of hydrogen-bond acceptors (Lipinski definition) is 4. The molecule has 3 aromatic heterocycles. The summed E-state index contributed by atoms with van der Waals surface area (Å²) in [6.45, 7) is 0. The van der Waals surface area contributed by atoms with E-state index in [9.17, 15) is 0 Å². The summed E-state index contributed by atoms with van der Waals surface area (Å²) in [5, 5.41) is 7.82. The molecule has 0 atom stereocenters. The Morgan fingerprint density at radius 1 is 0.412 bits per heavy atom. The van der Waals surface area contributed by atoms with Crippen molar-refractivity contribution in [1.82, 2.24) is 15.0 Å². The summed E-state index contributed by atoms with van der Waals surface area (Å²) < 4.78 is 0. The van der Waals surface area contributed by atoms with Crippen LogP contribution in [0.5, 0.6) is 0 Å². The second-order valence-corrected chi connectivity index (χ2v) is 12.8. The molecule has 7 aromatic carbocycles. The van der Waals surface area contributed by atoms with Crippen LogP contribution in [0.2, 0.25) is 0 Å². The van der Waals surface area contributed by atoms with Crippen molar-refractivity contribution >= 4 is 71.3 Å². The minimum absolute atomic E-state index is 0.868. The van der Waals surface area contributed by atoms with Gasteiger partial charge in [-0.15, -0.1) is 0 Å². The van der Waals surface area contributed by atoms with Crippen LogP contribution in [0, 0.1) is 0 Å². The summed E-state index contributed by atoms with van der Waals surface area (Å²) in [5.41, 5.74) is 9.77. The lowest BCUT2D eigenvalue weighted by molar-refractivity contribution is 1.30. The van der Waals surface area contributed by atoms with Crippen LogP contribution in [-0.2, 0) is 0 Å². The van der Waals surface area contributed by atoms with Gasteiger partial charge in [0, 0.05) is 55.6 Å². The molecule has 0 unspecified atom stereocenters. The molecule has 0 aliphatic heterocycles. The highest BCUT2D eigenvalue weighted by Crippen LogP contribution is 2.48. The molecule has 0 spiro atoms. The molecule has 238 valence electrons. The van der Waals surface area contributed by atoms with E-state index in [2.05, 4.69) is 175 Å². The molecule has 10 rings (SSSR count). The maximum absolute atomic E-state index is 5.65. The summed E-state index contributed by atoms with van der Waals surface area (Å²) >= 11 is 0. The van der Waals surface area contributed by atoms with Crippen LogP contribution in [0.3, 0.4) is 0 Å². The first-order valence-electron chi connectivity index (χ1n) is 17.2. The summed E-state index contributed by atoms with van der Waals surface area (Å²) in [5.74, 6) is 0. The summed E-state index contributed by atoms with van der Waals surface area (Å²) in [7, 11) is 0. The average molecular weight is 651 g/mol. The van der Waals surface area contributed by atoms with Crippen LogP contribution < -0.4 is 4.90 Å². The molecule has 0 amide bonds. The quantitative estimate of drug-likeness (QED) is 0.174. The fourth-order valence-electron chi connectivity index (χ4n) is 7.53. The van der Waals surface area contributed by atoms with Crippen molar-refractivity contribution in [1.29, 1.82) is 0 Å². The first-order chi connectivity index (χ1) is 25.3. The van der Waals surface area contributed by atoms with E-state index in [0.29, 0.717) is 0 Å². The molecule has 51 heavy (non-hydrogen) atoms. The van der Waals surface area contributed by atoms with Gasteiger partial charge in [0.05, 0.1) is 33.6 Å². The van der Waals surface area contributed by atoms with Crippen molar-refractivity contribution in [3.05, 3.63) is 182 Å². The van der Waals surface area contributed by atoms with E-state index in [1.54, 1.807) is 0 Å². The average Bonchev–Trinajstić information content (AvgIpc) is 3.21. The number of para-hydroxylation sites is 3. The van der Waals surface area contributed by atoms with Gasteiger partial charge in [-0.25, -0.2) is 9.97 Å². The van der Waals surface area contributed by atoms with Crippen molar-refractivity contribution in [2.45, 2.75) is 0 Å². The Morgan fingerprint density at radius 2 is 1.04 bits per heavy atom. The van der Waals surface area contributed by atoms with Crippen LogP contribution in [0.1, 0.15) is 0 Å². The van der Waals surface area contributed by atoms with Crippen molar-refractivity contribution in [3.63, 3.8) is 0 Å². The van der Waals surface area contributed by atoms with Crippen molar-refractivity contribution in [2.24, 2.45) is 0 Å². The molecule has 0 aliphatic rings. The van der Waals surface area contributed by atoms with E-state index < -0.39 is 0 Å². The van der Waals surface area contributed by atoms with Gasteiger partial charge in [0.15, 0.2) is 0 Å². The minimum atomic E-state index is 0.868. The molecule has 4 heteroatoms. The van der Waals surface area contributed by atoms with E-state index in [4.69, 9.17) is 15.0 Å². The van der Waals surface area contributed by atoms with Gasteiger partial charge in [-0.1, -0.05) is 133 Å². The second-order valence-electron chi connectivity index (χ2n) is 12.8. The number of aromatic nitrogens is 3. The Kier molecular flexibility index (Phi) is 6.78. The molecule has 0 saturated heterocycles. The topological polar surface area (TPSA) is 41.9 Å². The largest absolute Gasteiger partial charge is 0.310 e. The van der Waals surface area contributed by atoms with Crippen molar-refractivity contribution < 1.29 is 0 Å². The lowest BCUT2D eigenvalue weighted by atomic mass is 9.91. The number of pyridine rings is 3. The smallest absolute Gasteiger partial charge is 0.0972 e. The molecule has 0 fully saturated rings. The van der Waals surface area contributed by atoms with Gasteiger partial charge in [0.2, 0.25) is 0 Å². The highest BCUT2D eigenvalue weighted by molar-refractivity contribution is 6.28. The predicted octanol–water partition coefficient (Wildman–Crippen LogP) is 12.4. The first-order valence-corrected chi connectivity index (χ1v) is 17.2. The third-order valence-corrected chi connectivity index (χ3v) is 9.82. The highest BCUT2D eigenvalue weighted by Gasteiger charge is 2.24. The standard InChI is InChI=1S/C47H30N4/c1-4-14-31(15-5-1)44-43-41(51(35-18-6-2-7-19-35)36-20-8-3-9-21-36)30-34-16-10-11-22-37(34)42(43)39-24-12-23-38(47(39)50-44)40-28-27-33-26-25-32-17-13-29-48-45(32)46(33)49-40/h1-30H. The Morgan fingerprint density at radius 3 is 1.80 bits per heavy atom. The lowest BCUT2D eigenvalue weighted by Crippen LogP contribution is -2.11. The molecule has 10 aromatic rings. The van der Waals surface area contributed by atoms with E-state index in [1.165, 1.54) is 10.8 Å². The third kappa shape index (κ3) is 4.80. The van der Waals surface area contributed by atoms with E-state index in [1.807, 2.05) is 12.3 Å². The Hall–Kier alpha value is -6.91. The van der Waals surface area contributed by atoms with E-state index in [0.717, 1.165) is 83.1 Å². The zero-order valence-corrected chi connectivity index (χ0v) is 27.6. The Balaban J connectivity index is 1.36. The normalized spacial score (nSPS) is 11.5. The lowest BCUT2D eigenvalue weighted by Gasteiger charge is -2.28. The first kappa shape index (κ1) is 29.0. The van der Waals surface area contributed by atoms with Crippen molar-refractivity contribution in [2.75, 3.05) is 4.90 Å². The summed E-state index contributed by atoms with van der Waals surface area (Å²) in [4.78, 5) is 18.0. The zero-order chi connectivity index (χ0) is 33.7. The van der Waals surface area contributed by atoms with Gasteiger partial charge in [0.25, 0.3) is 0 Å². The van der Waals surface area contributed by atoms with Crippen LogP contribution in [0.4, 0.5) is 17.1 Å². The number of rotatable bonds is 5. The summed E-state index contributed by atoms with van der Waals surface area (Å²) in [6.07, 6.45) is 1.84. The minimum Gasteiger partial charge on any atom is -0.310 e. The number of anilines is 3. The number of benzene rings is 7. The van der Waals surface area contributed by atoms with Gasteiger partial charge >= 0.3 is 0 Å². The third-order valence-electron chi connectivity index (χ3n) is 9.82. The van der Waals surface area contributed by atoms with Gasteiger partial charge in [-0.3, -0.25) is 4.98 Å². The molecule has 3 heterocycles. The zero-order valence-electron chi connectivity index (χ0n) is 27.6. The van der Waals surface area contributed by atoms with Crippen LogP contribution >= 0.6 is 0 Å². The number of fused-ring (bicyclic) bond motifs is 8. The molecular weight excluding hydrogens is 621 g/mol. The van der Waals surface area contributed by atoms with Gasteiger partial charge in [0.1, 0.15) is 0 Å². The highest BCUT2D eigenvalue weighted by atomic mass is 15.1. The van der Waals surface area contributed by atoms with E-state index >= 15 is 0 Å². The van der Waals surface area contributed by atoms with Crippen LogP contribution in [0.25, 0.3) is 76.8 Å². The number of hydrogen-bond donors (Lipinski definition) is 0. The van der Waals surface area contributed by atoms with Gasteiger partial charge < -0.3 is 4.90 Å². The monoisotopic (exact) mass is 650 g/mol. The fraction of sp³-hybridized carbons (Fsp3) is 0. The van der Waals surface area contributed by atoms with Crippen LogP contribution in [0.15, 0.2) is 182 Å².